The van der Waals surface area contributed by atoms with Crippen LogP contribution in [0.3, 0.4) is 0 Å². The van der Waals surface area contributed by atoms with Crippen LogP contribution in [0.1, 0.15) is 43.4 Å². The molecule has 5 heteroatoms. The van der Waals surface area contributed by atoms with Crippen LogP contribution in [0.2, 0.25) is 0 Å². The third-order valence-electron chi connectivity index (χ3n) is 4.67. The van der Waals surface area contributed by atoms with E-state index in [-0.39, 0.29) is 11.9 Å². The van der Waals surface area contributed by atoms with E-state index in [1.807, 2.05) is 13.8 Å². The molecule has 1 amide bonds. The van der Waals surface area contributed by atoms with Crippen LogP contribution in [0.15, 0.2) is 0 Å². The highest BCUT2D eigenvalue weighted by Crippen LogP contribution is 2.33. The molecule has 1 aliphatic carbocycles. The molecule has 0 radical (unpaired) electrons. The minimum atomic E-state index is -0.0514. The molecule has 104 valence electrons. The molecule has 3 unspecified atom stereocenters. The van der Waals surface area contributed by atoms with Gasteiger partial charge in [-0.25, -0.2) is 0 Å². The van der Waals surface area contributed by atoms with Crippen molar-refractivity contribution in [3.63, 3.8) is 0 Å². The zero-order valence-corrected chi connectivity index (χ0v) is 11.6. The van der Waals surface area contributed by atoms with E-state index in [0.717, 1.165) is 17.7 Å². The molecular formula is C14H22N4O. The van der Waals surface area contributed by atoms with Gasteiger partial charge in [-0.1, -0.05) is 12.8 Å². The Labute approximate surface area is 113 Å². The fourth-order valence-corrected chi connectivity index (χ4v) is 3.33. The summed E-state index contributed by atoms with van der Waals surface area (Å²) in [5, 5.41) is 13.5. The Kier molecular flexibility index (Phi) is 3.31. The van der Waals surface area contributed by atoms with Crippen molar-refractivity contribution in [2.75, 3.05) is 5.32 Å². The Balaban J connectivity index is 1.63. The number of nitrogens with zero attached hydrogens (tertiary/aromatic N) is 1. The molecule has 1 saturated heterocycles. The third-order valence-corrected chi connectivity index (χ3v) is 4.67. The number of rotatable bonds is 2. The number of aromatic nitrogens is 2. The van der Waals surface area contributed by atoms with Crippen molar-refractivity contribution in [3.8, 4) is 0 Å². The van der Waals surface area contributed by atoms with E-state index in [1.165, 1.54) is 25.7 Å². The van der Waals surface area contributed by atoms with Crippen molar-refractivity contribution >= 4 is 11.7 Å². The zero-order chi connectivity index (χ0) is 13.4. The van der Waals surface area contributed by atoms with E-state index in [2.05, 4.69) is 20.8 Å². The molecular weight excluding hydrogens is 240 g/mol. The van der Waals surface area contributed by atoms with E-state index in [4.69, 9.17) is 0 Å². The van der Waals surface area contributed by atoms with Crippen LogP contribution < -0.4 is 10.6 Å². The fraction of sp³-hybridized carbons (Fsp3) is 0.714. The minimum Gasteiger partial charge on any atom is -0.308 e. The maximum Gasteiger partial charge on any atom is 0.242 e. The van der Waals surface area contributed by atoms with Crippen LogP contribution in [0.4, 0.5) is 5.82 Å². The van der Waals surface area contributed by atoms with E-state index < -0.39 is 0 Å². The molecule has 3 atom stereocenters. The molecule has 1 saturated carbocycles. The number of carbonyl (C=O) groups excluding carboxylic acids is 1. The fourth-order valence-electron chi connectivity index (χ4n) is 3.33. The molecule has 1 aliphatic heterocycles. The second kappa shape index (κ2) is 4.96. The first kappa shape index (κ1) is 12.7. The second-order valence-corrected chi connectivity index (χ2v) is 5.92. The van der Waals surface area contributed by atoms with Crippen molar-refractivity contribution < 1.29 is 4.79 Å². The molecule has 2 aliphatic rings. The molecule has 1 aromatic heterocycles. The lowest BCUT2D eigenvalue weighted by Crippen LogP contribution is -2.40. The first-order valence-electron chi connectivity index (χ1n) is 7.23. The number of hydrogen-bond acceptors (Lipinski definition) is 3. The maximum atomic E-state index is 12.3. The molecule has 3 N–H and O–H groups in total. The summed E-state index contributed by atoms with van der Waals surface area (Å²) in [6, 6.07) is 0.496. The van der Waals surface area contributed by atoms with E-state index in [9.17, 15) is 4.79 Å². The molecule has 2 fully saturated rings. The number of H-pyrrole nitrogens is 1. The number of hydrogen-bond donors (Lipinski definition) is 3. The van der Waals surface area contributed by atoms with Crippen molar-refractivity contribution in [2.24, 2.45) is 5.92 Å². The number of anilines is 1. The van der Waals surface area contributed by atoms with Gasteiger partial charge in [0.15, 0.2) is 5.82 Å². The molecule has 3 rings (SSSR count). The summed E-state index contributed by atoms with van der Waals surface area (Å²) in [4.78, 5) is 12.3. The quantitative estimate of drug-likeness (QED) is 0.762. The zero-order valence-electron chi connectivity index (χ0n) is 11.6. The Bertz CT molecular complexity index is 468. The SMILES string of the molecule is Cc1[nH]nc(NC(=O)C2CC3CCCCC3N2)c1C. The minimum absolute atomic E-state index is 0.0514. The average molecular weight is 262 g/mol. The summed E-state index contributed by atoms with van der Waals surface area (Å²) in [7, 11) is 0. The van der Waals surface area contributed by atoms with Gasteiger partial charge < -0.3 is 10.6 Å². The second-order valence-electron chi connectivity index (χ2n) is 5.92. The van der Waals surface area contributed by atoms with Gasteiger partial charge in [0.1, 0.15) is 0 Å². The highest BCUT2D eigenvalue weighted by Gasteiger charge is 2.38. The van der Waals surface area contributed by atoms with Crippen molar-refractivity contribution in [1.82, 2.24) is 15.5 Å². The largest absolute Gasteiger partial charge is 0.308 e. The van der Waals surface area contributed by atoms with Crippen LogP contribution in [-0.2, 0) is 4.79 Å². The van der Waals surface area contributed by atoms with Gasteiger partial charge in [0.05, 0.1) is 6.04 Å². The predicted octanol–water partition coefficient (Wildman–Crippen LogP) is 1.89. The third kappa shape index (κ3) is 2.39. The lowest BCUT2D eigenvalue weighted by atomic mass is 9.85. The Morgan fingerprint density at radius 2 is 2.11 bits per heavy atom. The highest BCUT2D eigenvalue weighted by molar-refractivity contribution is 5.94. The lowest BCUT2D eigenvalue weighted by Gasteiger charge is -2.24. The number of aromatic amines is 1. The summed E-state index contributed by atoms with van der Waals surface area (Å²) in [5.41, 5.74) is 2.02. The van der Waals surface area contributed by atoms with Crippen molar-refractivity contribution in [2.45, 2.75) is 58.0 Å². The average Bonchev–Trinajstić information content (AvgIpc) is 2.97. The van der Waals surface area contributed by atoms with Crippen LogP contribution in [0, 0.1) is 19.8 Å². The predicted molar refractivity (Wildman–Crippen MR) is 74.0 cm³/mol. The number of nitrogens with one attached hydrogen (secondary N) is 3. The monoisotopic (exact) mass is 262 g/mol. The molecule has 1 aromatic rings. The van der Waals surface area contributed by atoms with Gasteiger partial charge in [-0.15, -0.1) is 0 Å². The molecule has 2 heterocycles. The van der Waals surface area contributed by atoms with Crippen molar-refractivity contribution in [1.29, 1.82) is 0 Å². The molecule has 0 aromatic carbocycles. The smallest absolute Gasteiger partial charge is 0.242 e. The van der Waals surface area contributed by atoms with Gasteiger partial charge in [0.25, 0.3) is 0 Å². The molecule has 19 heavy (non-hydrogen) atoms. The van der Waals surface area contributed by atoms with Gasteiger partial charge in [0, 0.05) is 17.3 Å². The number of carbonyl (C=O) groups is 1. The topological polar surface area (TPSA) is 69.8 Å². The van der Waals surface area contributed by atoms with Gasteiger partial charge in [-0.3, -0.25) is 9.89 Å². The lowest BCUT2D eigenvalue weighted by molar-refractivity contribution is -0.117. The van der Waals surface area contributed by atoms with E-state index in [1.54, 1.807) is 0 Å². The van der Waals surface area contributed by atoms with Gasteiger partial charge in [-0.2, -0.15) is 5.10 Å². The standard InChI is InChI=1S/C14H22N4O/c1-8-9(2)17-18-13(8)16-14(19)12-7-10-5-3-4-6-11(10)15-12/h10-12,15H,3-7H2,1-2H3,(H2,16,17,18,19). The number of amides is 1. The molecule has 0 bridgehead atoms. The van der Waals surface area contributed by atoms with E-state index in [0.29, 0.717) is 17.8 Å². The molecule has 0 spiro atoms. The summed E-state index contributed by atoms with van der Waals surface area (Å²) in [5.74, 6) is 1.41. The summed E-state index contributed by atoms with van der Waals surface area (Å²) >= 11 is 0. The van der Waals surface area contributed by atoms with Crippen LogP contribution >= 0.6 is 0 Å². The Morgan fingerprint density at radius 3 is 2.79 bits per heavy atom. The summed E-state index contributed by atoms with van der Waals surface area (Å²) in [6.45, 7) is 3.93. The first-order valence-corrected chi connectivity index (χ1v) is 7.23. The summed E-state index contributed by atoms with van der Waals surface area (Å²) < 4.78 is 0. The number of fused-ring (bicyclic) bond motifs is 1. The van der Waals surface area contributed by atoms with Gasteiger partial charge in [0.2, 0.25) is 5.91 Å². The Hall–Kier alpha value is -1.36. The van der Waals surface area contributed by atoms with Gasteiger partial charge in [-0.05, 0) is 39.0 Å². The van der Waals surface area contributed by atoms with E-state index >= 15 is 0 Å². The van der Waals surface area contributed by atoms with Crippen LogP contribution in [0.25, 0.3) is 0 Å². The highest BCUT2D eigenvalue weighted by atomic mass is 16.2. The van der Waals surface area contributed by atoms with Crippen LogP contribution in [0.5, 0.6) is 0 Å². The Morgan fingerprint density at radius 1 is 1.32 bits per heavy atom. The molecule has 5 nitrogen and oxygen atoms in total. The maximum absolute atomic E-state index is 12.3. The first-order chi connectivity index (χ1) is 9.15. The summed E-state index contributed by atoms with van der Waals surface area (Å²) in [6.07, 6.45) is 6.06. The van der Waals surface area contributed by atoms with Gasteiger partial charge >= 0.3 is 0 Å². The normalized spacial score (nSPS) is 30.1. The number of aryl methyl sites for hydroxylation is 1. The van der Waals surface area contributed by atoms with Crippen LogP contribution in [-0.4, -0.2) is 28.2 Å². The van der Waals surface area contributed by atoms with Crippen molar-refractivity contribution in [3.05, 3.63) is 11.3 Å².